The van der Waals surface area contributed by atoms with E-state index in [0.717, 1.165) is 25.0 Å². The monoisotopic (exact) mass is 280 g/mol. The predicted molar refractivity (Wildman–Crippen MR) is 83.0 cm³/mol. The summed E-state index contributed by atoms with van der Waals surface area (Å²) in [6.45, 7) is 5.90. The van der Waals surface area contributed by atoms with Crippen LogP contribution in [0.2, 0.25) is 0 Å². The van der Waals surface area contributed by atoms with Crippen molar-refractivity contribution in [3.05, 3.63) is 0 Å². The number of hydrogen-bond acceptors (Lipinski definition) is 3. The maximum atomic E-state index is 5.84. The van der Waals surface area contributed by atoms with E-state index in [0.29, 0.717) is 6.04 Å². The van der Waals surface area contributed by atoms with Crippen LogP contribution in [0.15, 0.2) is 0 Å². The van der Waals surface area contributed by atoms with Crippen molar-refractivity contribution in [1.29, 1.82) is 0 Å². The Morgan fingerprint density at radius 3 is 2.50 bits per heavy atom. The number of nitrogens with one attached hydrogen (secondary N) is 1. The van der Waals surface area contributed by atoms with Crippen LogP contribution in [-0.4, -0.2) is 49.3 Å². The molecule has 3 nitrogen and oxygen atoms in total. The first-order chi connectivity index (χ1) is 9.72. The van der Waals surface area contributed by atoms with Gasteiger partial charge in [-0.3, -0.25) is 4.90 Å². The van der Waals surface area contributed by atoms with Crippen molar-refractivity contribution in [3.63, 3.8) is 0 Å². The van der Waals surface area contributed by atoms with Crippen LogP contribution in [0.1, 0.15) is 58.3 Å². The first kappa shape index (κ1) is 14.8. The number of ether oxygens (including phenoxy) is 1. The summed E-state index contributed by atoms with van der Waals surface area (Å²) in [5.41, 5.74) is 0.183. The van der Waals surface area contributed by atoms with Gasteiger partial charge in [0.25, 0.3) is 0 Å². The summed E-state index contributed by atoms with van der Waals surface area (Å²) in [7, 11) is 1.91. The quantitative estimate of drug-likeness (QED) is 0.857. The zero-order valence-electron chi connectivity index (χ0n) is 13.4. The number of methoxy groups -OCH3 is 1. The summed E-state index contributed by atoms with van der Waals surface area (Å²) >= 11 is 0. The van der Waals surface area contributed by atoms with Gasteiger partial charge >= 0.3 is 0 Å². The molecule has 3 heteroatoms. The molecule has 1 heterocycles. The Hall–Kier alpha value is -0.120. The minimum Gasteiger partial charge on any atom is -0.377 e. The largest absolute Gasteiger partial charge is 0.377 e. The van der Waals surface area contributed by atoms with Gasteiger partial charge in [-0.15, -0.1) is 0 Å². The maximum Gasteiger partial charge on any atom is 0.0805 e. The van der Waals surface area contributed by atoms with Gasteiger partial charge in [-0.05, 0) is 44.9 Å². The average molecular weight is 280 g/mol. The summed E-state index contributed by atoms with van der Waals surface area (Å²) in [5, 5.41) is 3.83. The molecule has 20 heavy (non-hydrogen) atoms. The lowest BCUT2D eigenvalue weighted by Crippen LogP contribution is -2.62. The zero-order valence-corrected chi connectivity index (χ0v) is 13.4. The van der Waals surface area contributed by atoms with Crippen molar-refractivity contribution < 1.29 is 4.74 Å². The van der Waals surface area contributed by atoms with E-state index in [1.54, 1.807) is 0 Å². The molecule has 0 spiro atoms. The molecule has 0 aromatic carbocycles. The minimum absolute atomic E-state index is 0.183. The van der Waals surface area contributed by atoms with E-state index in [1.165, 1.54) is 57.9 Å². The van der Waals surface area contributed by atoms with Gasteiger partial charge in [-0.2, -0.15) is 0 Å². The fourth-order valence-corrected chi connectivity index (χ4v) is 4.39. The van der Waals surface area contributed by atoms with Gasteiger partial charge in [-0.25, -0.2) is 0 Å². The number of nitrogens with zero attached hydrogens (tertiary/aromatic N) is 1. The Morgan fingerprint density at radius 2 is 1.90 bits per heavy atom. The average Bonchev–Trinajstić information content (AvgIpc) is 2.45. The molecule has 1 aliphatic heterocycles. The number of hydrogen-bond donors (Lipinski definition) is 1. The molecule has 2 atom stereocenters. The molecule has 3 aliphatic rings. The molecule has 3 fully saturated rings. The molecule has 2 unspecified atom stereocenters. The Balaban J connectivity index is 1.58. The second-order valence-corrected chi connectivity index (χ2v) is 7.43. The molecular formula is C17H32N2O. The van der Waals surface area contributed by atoms with Crippen LogP contribution in [0.5, 0.6) is 0 Å². The first-order valence-corrected chi connectivity index (χ1v) is 8.75. The highest BCUT2D eigenvalue weighted by Crippen LogP contribution is 2.37. The lowest BCUT2D eigenvalue weighted by Gasteiger charge is -2.49. The van der Waals surface area contributed by atoms with E-state index in [1.807, 2.05) is 7.11 Å². The molecule has 0 aromatic rings. The van der Waals surface area contributed by atoms with Crippen LogP contribution in [0.25, 0.3) is 0 Å². The number of piperazine rings is 1. The summed E-state index contributed by atoms with van der Waals surface area (Å²) in [5.74, 6) is 0.915. The highest BCUT2D eigenvalue weighted by Gasteiger charge is 2.41. The predicted octanol–water partition coefficient (Wildman–Crippen LogP) is 2.80. The van der Waals surface area contributed by atoms with Crippen molar-refractivity contribution in [2.45, 2.75) is 76.0 Å². The molecule has 0 amide bonds. The number of rotatable bonds is 4. The Kier molecular flexibility index (Phi) is 4.68. The molecule has 1 saturated heterocycles. The fourth-order valence-electron chi connectivity index (χ4n) is 4.39. The summed E-state index contributed by atoms with van der Waals surface area (Å²) < 4.78 is 5.84. The van der Waals surface area contributed by atoms with Crippen LogP contribution in [0, 0.1) is 5.92 Å². The lowest BCUT2D eigenvalue weighted by molar-refractivity contribution is -0.102. The van der Waals surface area contributed by atoms with E-state index in [9.17, 15) is 0 Å². The van der Waals surface area contributed by atoms with E-state index in [-0.39, 0.29) is 5.60 Å². The molecule has 116 valence electrons. The van der Waals surface area contributed by atoms with E-state index < -0.39 is 0 Å². The van der Waals surface area contributed by atoms with Gasteiger partial charge in [0.05, 0.1) is 5.60 Å². The summed E-state index contributed by atoms with van der Waals surface area (Å²) in [6, 6.07) is 1.38. The van der Waals surface area contributed by atoms with Gasteiger partial charge in [0.1, 0.15) is 0 Å². The van der Waals surface area contributed by atoms with Gasteiger partial charge in [-0.1, -0.05) is 19.3 Å². The van der Waals surface area contributed by atoms with Crippen molar-refractivity contribution in [1.82, 2.24) is 10.2 Å². The van der Waals surface area contributed by atoms with Crippen LogP contribution in [-0.2, 0) is 4.74 Å². The summed E-state index contributed by atoms with van der Waals surface area (Å²) in [4.78, 5) is 2.71. The molecule has 1 N–H and O–H groups in total. The van der Waals surface area contributed by atoms with Gasteiger partial charge in [0, 0.05) is 38.8 Å². The van der Waals surface area contributed by atoms with Gasteiger partial charge in [0.15, 0.2) is 0 Å². The van der Waals surface area contributed by atoms with Crippen molar-refractivity contribution in [3.8, 4) is 0 Å². The third-order valence-electron chi connectivity index (χ3n) is 6.14. The Labute approximate surface area is 124 Å². The lowest BCUT2D eigenvalue weighted by atomic mass is 9.78. The molecule has 3 rings (SSSR count). The van der Waals surface area contributed by atoms with Crippen LogP contribution < -0.4 is 5.32 Å². The third kappa shape index (κ3) is 3.05. The second-order valence-electron chi connectivity index (χ2n) is 7.43. The van der Waals surface area contributed by atoms with E-state index in [4.69, 9.17) is 4.74 Å². The van der Waals surface area contributed by atoms with Gasteiger partial charge in [0.2, 0.25) is 0 Å². The van der Waals surface area contributed by atoms with E-state index >= 15 is 0 Å². The SMILES string of the molecule is COC1(CN2CC(C3CCCCC3)NCC2C)CCC1. The minimum atomic E-state index is 0.183. The highest BCUT2D eigenvalue weighted by atomic mass is 16.5. The molecule has 2 aliphatic carbocycles. The van der Waals surface area contributed by atoms with Crippen molar-refractivity contribution >= 4 is 0 Å². The molecule has 0 bridgehead atoms. The topological polar surface area (TPSA) is 24.5 Å². The highest BCUT2D eigenvalue weighted by molar-refractivity contribution is 4.97. The smallest absolute Gasteiger partial charge is 0.0805 e. The molecular weight excluding hydrogens is 248 g/mol. The Morgan fingerprint density at radius 1 is 1.15 bits per heavy atom. The second kappa shape index (κ2) is 6.33. The Bertz CT molecular complexity index is 305. The first-order valence-electron chi connectivity index (χ1n) is 8.75. The van der Waals surface area contributed by atoms with Crippen molar-refractivity contribution in [2.24, 2.45) is 5.92 Å². The molecule has 0 radical (unpaired) electrons. The standard InChI is InChI=1S/C17H32N2O/c1-14-11-18-16(15-7-4-3-5-8-15)12-19(14)13-17(20-2)9-6-10-17/h14-16,18H,3-13H2,1-2H3. The maximum absolute atomic E-state index is 5.84. The van der Waals surface area contributed by atoms with Crippen LogP contribution in [0.3, 0.4) is 0 Å². The van der Waals surface area contributed by atoms with Crippen LogP contribution >= 0.6 is 0 Å². The van der Waals surface area contributed by atoms with E-state index in [2.05, 4.69) is 17.1 Å². The summed E-state index contributed by atoms with van der Waals surface area (Å²) in [6.07, 6.45) is 11.1. The normalized spacial score (nSPS) is 35.7. The van der Waals surface area contributed by atoms with Crippen LogP contribution in [0.4, 0.5) is 0 Å². The fraction of sp³-hybridized carbons (Fsp3) is 1.00. The molecule has 2 saturated carbocycles. The van der Waals surface area contributed by atoms with Gasteiger partial charge < -0.3 is 10.1 Å². The molecule has 0 aromatic heterocycles. The zero-order chi connectivity index (χ0) is 14.0. The van der Waals surface area contributed by atoms with Crippen molar-refractivity contribution in [2.75, 3.05) is 26.7 Å². The third-order valence-corrected chi connectivity index (χ3v) is 6.14.